The van der Waals surface area contributed by atoms with E-state index in [1.54, 1.807) is 0 Å². The monoisotopic (exact) mass is 389 g/mol. The third-order valence-corrected chi connectivity index (χ3v) is 5.92. The van der Waals surface area contributed by atoms with E-state index in [0.717, 1.165) is 43.5 Å². The normalized spacial score (nSPS) is 20.2. The molecule has 2 aromatic carbocycles. The van der Waals surface area contributed by atoms with E-state index < -0.39 is 0 Å². The number of ether oxygens (including phenoxy) is 1. The predicted molar refractivity (Wildman–Crippen MR) is 112 cm³/mol. The van der Waals surface area contributed by atoms with E-state index in [-0.39, 0.29) is 11.9 Å². The topological polar surface area (TPSA) is 56.6 Å². The smallest absolute Gasteiger partial charge is 0.240 e. The van der Waals surface area contributed by atoms with Gasteiger partial charge in [0.15, 0.2) is 0 Å². The molecule has 0 aliphatic carbocycles. The van der Waals surface area contributed by atoms with Gasteiger partial charge in [-0.25, -0.2) is 0 Å². The van der Waals surface area contributed by atoms with Crippen molar-refractivity contribution >= 4 is 5.91 Å². The molecule has 2 saturated heterocycles. The fourth-order valence-electron chi connectivity index (χ4n) is 4.31. The van der Waals surface area contributed by atoms with Crippen LogP contribution in [0.2, 0.25) is 0 Å². The van der Waals surface area contributed by atoms with Gasteiger partial charge in [-0.05, 0) is 42.1 Å². The molecule has 2 heterocycles. The Balaban J connectivity index is 1.47. The Hall–Kier alpha value is -2.68. The molecule has 150 valence electrons. The summed E-state index contributed by atoms with van der Waals surface area (Å²) in [4.78, 5) is 17.4. The highest BCUT2D eigenvalue weighted by Crippen LogP contribution is 2.26. The van der Waals surface area contributed by atoms with Crippen LogP contribution in [0.3, 0.4) is 0 Å². The summed E-state index contributed by atoms with van der Waals surface area (Å²) in [5, 5.41) is 9.34. The molecule has 1 amide bonds. The first kappa shape index (κ1) is 19.6. The molecule has 0 spiro atoms. The zero-order valence-corrected chi connectivity index (χ0v) is 16.7. The maximum Gasteiger partial charge on any atom is 0.240 e. The molecule has 0 bridgehead atoms. The summed E-state index contributed by atoms with van der Waals surface area (Å²) < 4.78 is 5.40. The first-order chi connectivity index (χ1) is 14.3. The highest BCUT2D eigenvalue weighted by atomic mass is 16.5. The van der Waals surface area contributed by atoms with E-state index >= 15 is 0 Å². The van der Waals surface area contributed by atoms with Gasteiger partial charge in [-0.1, -0.05) is 48.9 Å². The minimum Gasteiger partial charge on any atom is -0.378 e. The molecule has 4 rings (SSSR count). The lowest BCUT2D eigenvalue weighted by atomic mass is 9.97. The van der Waals surface area contributed by atoms with E-state index in [4.69, 9.17) is 4.74 Å². The molecule has 1 atom stereocenters. The highest BCUT2D eigenvalue weighted by molar-refractivity contribution is 5.82. The molecule has 2 fully saturated rings. The summed E-state index contributed by atoms with van der Waals surface area (Å²) in [6, 6.07) is 18.3. The lowest BCUT2D eigenvalue weighted by Gasteiger charge is -2.38. The third-order valence-electron chi connectivity index (χ3n) is 5.92. The molecule has 2 aliphatic heterocycles. The van der Waals surface area contributed by atoms with Gasteiger partial charge >= 0.3 is 0 Å². The summed E-state index contributed by atoms with van der Waals surface area (Å²) in [7, 11) is 0. The standard InChI is InChI=1S/C24H27N3O2/c25-17-21-5-1-2-6-22(21)20-10-8-19(9-11-20)18-27-12-4-3-7-23(27)24(28)26-13-15-29-16-14-26/h1-2,5-6,8-11,23H,3-4,7,12-16,18H2. The number of hydrogen-bond donors (Lipinski definition) is 0. The Morgan fingerprint density at radius 2 is 1.79 bits per heavy atom. The molecule has 29 heavy (non-hydrogen) atoms. The predicted octanol–water partition coefficient (Wildman–Crippen LogP) is 3.44. The van der Waals surface area contributed by atoms with Crippen LogP contribution in [0.25, 0.3) is 11.1 Å². The average molecular weight is 389 g/mol. The van der Waals surface area contributed by atoms with E-state index in [2.05, 4.69) is 35.2 Å². The fourth-order valence-corrected chi connectivity index (χ4v) is 4.31. The number of likely N-dealkylation sites (tertiary alicyclic amines) is 1. The van der Waals surface area contributed by atoms with Gasteiger partial charge in [-0.3, -0.25) is 9.69 Å². The van der Waals surface area contributed by atoms with E-state index in [9.17, 15) is 10.1 Å². The lowest BCUT2D eigenvalue weighted by molar-refractivity contribution is -0.142. The van der Waals surface area contributed by atoms with E-state index in [1.807, 2.05) is 29.2 Å². The van der Waals surface area contributed by atoms with Crippen molar-refractivity contribution in [3.8, 4) is 17.2 Å². The van der Waals surface area contributed by atoms with Crippen molar-refractivity contribution in [2.75, 3.05) is 32.8 Å². The maximum atomic E-state index is 13.1. The van der Waals surface area contributed by atoms with Gasteiger partial charge in [0.1, 0.15) is 0 Å². The number of nitrogens with zero attached hydrogens (tertiary/aromatic N) is 3. The molecule has 2 aliphatic rings. The maximum absolute atomic E-state index is 13.1. The molecule has 2 aromatic rings. The Kier molecular flexibility index (Phi) is 6.24. The molecule has 5 heteroatoms. The molecule has 5 nitrogen and oxygen atoms in total. The first-order valence-corrected chi connectivity index (χ1v) is 10.5. The Bertz CT molecular complexity index is 882. The van der Waals surface area contributed by atoms with Gasteiger partial charge in [-0.15, -0.1) is 0 Å². The zero-order valence-electron chi connectivity index (χ0n) is 16.7. The zero-order chi connectivity index (χ0) is 20.1. The van der Waals surface area contributed by atoms with Crippen molar-refractivity contribution < 1.29 is 9.53 Å². The number of piperidine rings is 1. The molecule has 0 aromatic heterocycles. The molecule has 0 radical (unpaired) electrons. The van der Waals surface area contributed by atoms with Crippen LogP contribution in [0.5, 0.6) is 0 Å². The van der Waals surface area contributed by atoms with Gasteiger partial charge < -0.3 is 9.64 Å². The lowest BCUT2D eigenvalue weighted by Crippen LogP contribution is -2.53. The van der Waals surface area contributed by atoms with E-state index in [1.165, 1.54) is 5.56 Å². The fraction of sp³-hybridized carbons (Fsp3) is 0.417. The molecule has 1 unspecified atom stereocenters. The second-order valence-electron chi connectivity index (χ2n) is 7.77. The van der Waals surface area contributed by atoms with Crippen LogP contribution in [0, 0.1) is 11.3 Å². The second-order valence-corrected chi connectivity index (χ2v) is 7.77. The summed E-state index contributed by atoms with van der Waals surface area (Å²) >= 11 is 0. The van der Waals surface area contributed by atoms with Crippen molar-refractivity contribution in [3.63, 3.8) is 0 Å². The van der Waals surface area contributed by atoms with E-state index in [0.29, 0.717) is 31.9 Å². The largest absolute Gasteiger partial charge is 0.378 e. The van der Waals surface area contributed by atoms with Gasteiger partial charge in [0.05, 0.1) is 30.9 Å². The minimum absolute atomic E-state index is 0.0270. The van der Waals surface area contributed by atoms with Crippen molar-refractivity contribution in [1.29, 1.82) is 5.26 Å². The number of rotatable bonds is 4. The number of amides is 1. The van der Waals surface area contributed by atoms with Crippen LogP contribution < -0.4 is 0 Å². The van der Waals surface area contributed by atoms with Crippen LogP contribution in [0.15, 0.2) is 48.5 Å². The highest BCUT2D eigenvalue weighted by Gasteiger charge is 2.32. The number of hydrogen-bond acceptors (Lipinski definition) is 4. The van der Waals surface area contributed by atoms with Gasteiger partial charge in [0.2, 0.25) is 5.91 Å². The summed E-state index contributed by atoms with van der Waals surface area (Å²) in [6.07, 6.45) is 3.19. The Labute approximate surface area is 172 Å². The summed E-state index contributed by atoms with van der Waals surface area (Å²) in [6.45, 7) is 4.43. The van der Waals surface area contributed by atoms with Crippen molar-refractivity contribution in [2.24, 2.45) is 0 Å². The average Bonchev–Trinajstić information content (AvgIpc) is 2.80. The molecular weight excluding hydrogens is 362 g/mol. The summed E-state index contributed by atoms with van der Waals surface area (Å²) in [5.41, 5.74) is 3.89. The number of nitriles is 1. The van der Waals surface area contributed by atoms with Crippen LogP contribution in [-0.4, -0.2) is 54.6 Å². The van der Waals surface area contributed by atoms with Crippen molar-refractivity contribution in [2.45, 2.75) is 31.8 Å². The number of morpholine rings is 1. The first-order valence-electron chi connectivity index (χ1n) is 10.5. The summed E-state index contributed by atoms with van der Waals surface area (Å²) in [5.74, 6) is 0.257. The van der Waals surface area contributed by atoms with Crippen LogP contribution in [0.4, 0.5) is 0 Å². The van der Waals surface area contributed by atoms with Crippen molar-refractivity contribution in [3.05, 3.63) is 59.7 Å². The number of carbonyl (C=O) groups is 1. The van der Waals surface area contributed by atoms with Gasteiger partial charge in [0.25, 0.3) is 0 Å². The molecule has 0 N–H and O–H groups in total. The Morgan fingerprint density at radius 1 is 1.03 bits per heavy atom. The molecular formula is C24H27N3O2. The van der Waals surface area contributed by atoms with Gasteiger partial charge in [0, 0.05) is 19.6 Å². The molecule has 0 saturated carbocycles. The van der Waals surface area contributed by atoms with Crippen LogP contribution in [0.1, 0.15) is 30.4 Å². The Morgan fingerprint density at radius 3 is 2.55 bits per heavy atom. The third kappa shape index (κ3) is 4.50. The van der Waals surface area contributed by atoms with Crippen molar-refractivity contribution in [1.82, 2.24) is 9.80 Å². The van der Waals surface area contributed by atoms with Gasteiger partial charge in [-0.2, -0.15) is 5.26 Å². The van der Waals surface area contributed by atoms with Crippen LogP contribution in [-0.2, 0) is 16.1 Å². The van der Waals surface area contributed by atoms with Crippen LogP contribution >= 0.6 is 0 Å². The number of carbonyl (C=O) groups excluding carboxylic acids is 1. The SMILES string of the molecule is N#Cc1ccccc1-c1ccc(CN2CCCCC2C(=O)N2CCOCC2)cc1. The second kappa shape index (κ2) is 9.21. The number of benzene rings is 2. The quantitative estimate of drug-likeness (QED) is 0.804. The minimum atomic E-state index is -0.0270.